The largest absolute Gasteiger partial charge is 0.309 e. The average Bonchev–Trinajstić information content (AvgIpc) is 3.13. The molecule has 0 atom stereocenters. The molecule has 0 aliphatic carbocycles. The van der Waals surface area contributed by atoms with Crippen LogP contribution in [0.1, 0.15) is 0 Å². The minimum absolute atomic E-state index is 0.758. The number of rotatable bonds is 2. The maximum absolute atomic E-state index is 4.79. The number of hydrogen-bond donors (Lipinski definition) is 0. The minimum atomic E-state index is 0.758. The lowest BCUT2D eigenvalue weighted by Gasteiger charge is -2.09. The Hall–Kier alpha value is -3.25. The maximum Gasteiger partial charge on any atom is 0.191 e. The van der Waals surface area contributed by atoms with Gasteiger partial charge in [0.25, 0.3) is 0 Å². The van der Waals surface area contributed by atoms with Crippen molar-refractivity contribution in [3.05, 3.63) is 101 Å². The number of benzene rings is 4. The molecule has 0 radical (unpaired) electrons. The van der Waals surface area contributed by atoms with Crippen LogP contribution in [-0.2, 0) is 0 Å². The summed E-state index contributed by atoms with van der Waals surface area (Å²) in [6, 6.07) is 34.0. The normalized spacial score (nSPS) is 11.5. The average molecular weight is 497 g/mol. The van der Waals surface area contributed by atoms with Crippen molar-refractivity contribution in [2.75, 3.05) is 0 Å². The molecular formula is C26H16IN3. The standard InChI is InChI=1S/C26H16IN3/c27-26-28-22-12-6-4-11-20(22)25(29-26)17-14-15-24-21(16-17)19-10-5-7-13-23(19)30(24)18-8-2-1-3-9-18/h1-16H. The van der Waals surface area contributed by atoms with Crippen LogP contribution in [0, 0.1) is 3.83 Å². The quantitative estimate of drug-likeness (QED) is 0.191. The molecule has 0 amide bonds. The SMILES string of the molecule is Ic1nc(-c2ccc3c(c2)c2ccccc2n3-c2ccccc2)c2ccccc2n1. The maximum atomic E-state index is 4.79. The number of halogens is 1. The fraction of sp³-hybridized carbons (Fsp3) is 0. The van der Waals surface area contributed by atoms with Crippen molar-refractivity contribution in [1.82, 2.24) is 14.5 Å². The van der Waals surface area contributed by atoms with Crippen molar-refractivity contribution in [2.24, 2.45) is 0 Å². The fourth-order valence-corrected chi connectivity index (χ4v) is 4.74. The van der Waals surface area contributed by atoms with Crippen LogP contribution < -0.4 is 0 Å². The molecule has 0 N–H and O–H groups in total. The van der Waals surface area contributed by atoms with Gasteiger partial charge in [0.15, 0.2) is 3.83 Å². The molecule has 142 valence electrons. The third kappa shape index (κ3) is 2.71. The zero-order valence-electron chi connectivity index (χ0n) is 16.0. The first-order valence-corrected chi connectivity index (χ1v) is 10.9. The second-order valence-electron chi connectivity index (χ2n) is 7.28. The molecule has 0 aliphatic heterocycles. The number of fused-ring (bicyclic) bond motifs is 4. The molecular weight excluding hydrogens is 481 g/mol. The zero-order chi connectivity index (χ0) is 20.1. The fourth-order valence-electron chi connectivity index (χ4n) is 4.24. The Labute approximate surface area is 187 Å². The topological polar surface area (TPSA) is 30.7 Å². The predicted molar refractivity (Wildman–Crippen MR) is 132 cm³/mol. The summed E-state index contributed by atoms with van der Waals surface area (Å²) in [4.78, 5) is 9.38. The highest BCUT2D eigenvalue weighted by atomic mass is 127. The zero-order valence-corrected chi connectivity index (χ0v) is 18.1. The van der Waals surface area contributed by atoms with Gasteiger partial charge in [-0.3, -0.25) is 0 Å². The summed E-state index contributed by atoms with van der Waals surface area (Å²) in [5.41, 5.74) is 6.62. The number of aromatic nitrogens is 3. The lowest BCUT2D eigenvalue weighted by molar-refractivity contribution is 1.16. The molecule has 2 aromatic heterocycles. The molecule has 0 fully saturated rings. The van der Waals surface area contributed by atoms with Gasteiger partial charge >= 0.3 is 0 Å². The summed E-state index contributed by atoms with van der Waals surface area (Å²) >= 11 is 2.20. The lowest BCUT2D eigenvalue weighted by atomic mass is 10.0. The van der Waals surface area contributed by atoms with Crippen molar-refractivity contribution in [1.29, 1.82) is 0 Å². The lowest BCUT2D eigenvalue weighted by Crippen LogP contribution is -1.95. The second kappa shape index (κ2) is 6.92. The van der Waals surface area contributed by atoms with Crippen LogP contribution in [0.5, 0.6) is 0 Å². The van der Waals surface area contributed by atoms with Crippen LogP contribution >= 0.6 is 22.6 Å². The summed E-state index contributed by atoms with van der Waals surface area (Å²) in [6.07, 6.45) is 0. The Balaban J connectivity index is 1.69. The van der Waals surface area contributed by atoms with E-state index in [1.807, 2.05) is 18.2 Å². The van der Waals surface area contributed by atoms with E-state index in [0.29, 0.717) is 0 Å². The van der Waals surface area contributed by atoms with Gasteiger partial charge in [-0.25, -0.2) is 9.97 Å². The molecule has 4 heteroatoms. The van der Waals surface area contributed by atoms with Gasteiger partial charge in [-0.1, -0.05) is 60.7 Å². The molecule has 3 nitrogen and oxygen atoms in total. The van der Waals surface area contributed by atoms with E-state index in [2.05, 4.69) is 111 Å². The van der Waals surface area contributed by atoms with Gasteiger partial charge in [0.05, 0.1) is 22.2 Å². The Bertz CT molecular complexity index is 1550. The van der Waals surface area contributed by atoms with Crippen LogP contribution in [0.2, 0.25) is 0 Å². The Morgan fingerprint density at radius 2 is 1.30 bits per heavy atom. The van der Waals surface area contributed by atoms with Crippen LogP contribution in [-0.4, -0.2) is 14.5 Å². The minimum Gasteiger partial charge on any atom is -0.309 e. The van der Waals surface area contributed by atoms with E-state index < -0.39 is 0 Å². The van der Waals surface area contributed by atoms with Crippen LogP contribution in [0.15, 0.2) is 97.1 Å². The summed E-state index contributed by atoms with van der Waals surface area (Å²) in [6.45, 7) is 0. The summed E-state index contributed by atoms with van der Waals surface area (Å²) in [5.74, 6) is 0. The van der Waals surface area contributed by atoms with E-state index in [4.69, 9.17) is 4.98 Å². The van der Waals surface area contributed by atoms with E-state index in [1.165, 1.54) is 27.5 Å². The first kappa shape index (κ1) is 17.6. The van der Waals surface area contributed by atoms with Crippen LogP contribution in [0.3, 0.4) is 0 Å². The molecule has 0 unspecified atom stereocenters. The molecule has 30 heavy (non-hydrogen) atoms. The molecule has 0 saturated heterocycles. The summed E-state index contributed by atoms with van der Waals surface area (Å²) in [7, 11) is 0. The number of nitrogens with zero attached hydrogens (tertiary/aromatic N) is 3. The van der Waals surface area contributed by atoms with Gasteiger partial charge < -0.3 is 4.57 Å². The highest BCUT2D eigenvalue weighted by Gasteiger charge is 2.15. The summed E-state index contributed by atoms with van der Waals surface area (Å²) in [5, 5.41) is 3.54. The van der Waals surface area contributed by atoms with Crippen molar-refractivity contribution < 1.29 is 0 Å². The smallest absolute Gasteiger partial charge is 0.191 e. The van der Waals surface area contributed by atoms with Gasteiger partial charge in [0.1, 0.15) is 0 Å². The van der Waals surface area contributed by atoms with Crippen LogP contribution in [0.25, 0.3) is 49.7 Å². The van der Waals surface area contributed by atoms with E-state index in [9.17, 15) is 0 Å². The Kier molecular flexibility index (Phi) is 4.06. The number of para-hydroxylation sites is 3. The third-order valence-electron chi connectivity index (χ3n) is 5.54. The number of hydrogen-bond acceptors (Lipinski definition) is 2. The molecule has 0 bridgehead atoms. The molecule has 4 aromatic carbocycles. The van der Waals surface area contributed by atoms with Gasteiger partial charge in [-0.15, -0.1) is 0 Å². The first-order chi connectivity index (χ1) is 14.8. The molecule has 0 saturated carbocycles. The Morgan fingerprint density at radius 3 is 2.17 bits per heavy atom. The van der Waals surface area contributed by atoms with Gasteiger partial charge in [0.2, 0.25) is 0 Å². The van der Waals surface area contributed by atoms with E-state index in [0.717, 1.165) is 26.0 Å². The highest BCUT2D eigenvalue weighted by molar-refractivity contribution is 14.1. The molecule has 0 spiro atoms. The van der Waals surface area contributed by atoms with Crippen molar-refractivity contribution in [3.8, 4) is 16.9 Å². The summed E-state index contributed by atoms with van der Waals surface area (Å²) < 4.78 is 3.09. The molecule has 6 aromatic rings. The predicted octanol–water partition coefficient (Wildman–Crippen LogP) is 7.00. The molecule has 6 rings (SSSR count). The monoisotopic (exact) mass is 497 g/mol. The van der Waals surface area contributed by atoms with E-state index in [-0.39, 0.29) is 0 Å². The third-order valence-corrected chi connectivity index (χ3v) is 6.02. The van der Waals surface area contributed by atoms with Crippen molar-refractivity contribution >= 4 is 55.3 Å². The van der Waals surface area contributed by atoms with E-state index in [1.54, 1.807) is 0 Å². The molecule has 2 heterocycles. The van der Waals surface area contributed by atoms with Crippen molar-refractivity contribution in [3.63, 3.8) is 0 Å². The highest BCUT2D eigenvalue weighted by Crippen LogP contribution is 2.35. The van der Waals surface area contributed by atoms with Crippen molar-refractivity contribution in [2.45, 2.75) is 0 Å². The second-order valence-corrected chi connectivity index (χ2v) is 8.24. The van der Waals surface area contributed by atoms with Gasteiger partial charge in [0, 0.05) is 50.0 Å². The molecule has 0 aliphatic rings. The Morgan fingerprint density at radius 1 is 0.600 bits per heavy atom. The first-order valence-electron chi connectivity index (χ1n) is 9.81. The van der Waals surface area contributed by atoms with Gasteiger partial charge in [-0.2, -0.15) is 0 Å². The van der Waals surface area contributed by atoms with Gasteiger partial charge in [-0.05, 0) is 36.4 Å². The van der Waals surface area contributed by atoms with E-state index >= 15 is 0 Å². The van der Waals surface area contributed by atoms with Crippen LogP contribution in [0.4, 0.5) is 0 Å².